The van der Waals surface area contributed by atoms with Crippen LogP contribution in [0.3, 0.4) is 0 Å². The maximum atomic E-state index is 9.84. The molecule has 2 N–H and O–H groups in total. The number of rotatable bonds is 4. The molecule has 2 aromatic carbocycles. The zero-order valence-corrected chi connectivity index (χ0v) is 12.0. The molecule has 94 valence electrons. The molecular weight excluding hydrogens is 314 g/mol. The molecule has 18 heavy (non-hydrogen) atoms. The summed E-state index contributed by atoms with van der Waals surface area (Å²) in [5, 5.41) is 13.9. The van der Waals surface area contributed by atoms with E-state index < -0.39 is 0 Å². The Labute approximate surface area is 120 Å². The first-order valence-electron chi connectivity index (χ1n) is 5.59. The van der Waals surface area contributed by atoms with Gasteiger partial charge in [0.15, 0.2) is 0 Å². The molecule has 0 aromatic heterocycles. The molecule has 0 heterocycles. The zero-order valence-electron chi connectivity index (χ0n) is 9.66. The van der Waals surface area contributed by atoms with E-state index in [0.717, 1.165) is 16.1 Å². The molecule has 0 saturated carbocycles. The van der Waals surface area contributed by atoms with Gasteiger partial charge in [0.05, 0.1) is 4.47 Å². The Morgan fingerprint density at radius 1 is 1.00 bits per heavy atom. The topological polar surface area (TPSA) is 32.3 Å². The molecule has 0 unspecified atom stereocenters. The average molecular weight is 327 g/mol. The van der Waals surface area contributed by atoms with Crippen LogP contribution in [-0.2, 0) is 13.1 Å². The van der Waals surface area contributed by atoms with Crippen LogP contribution in [0.1, 0.15) is 11.1 Å². The first-order valence-corrected chi connectivity index (χ1v) is 6.76. The highest BCUT2D eigenvalue weighted by Gasteiger charge is 2.04. The van der Waals surface area contributed by atoms with Crippen molar-refractivity contribution in [1.82, 2.24) is 5.32 Å². The summed E-state index contributed by atoms with van der Waals surface area (Å²) in [6.45, 7) is 1.27. The molecular formula is C14H13BrClNO. The van der Waals surface area contributed by atoms with Crippen LogP contribution in [0.2, 0.25) is 5.02 Å². The van der Waals surface area contributed by atoms with Gasteiger partial charge in [-0.3, -0.25) is 0 Å². The molecule has 0 aliphatic carbocycles. The van der Waals surface area contributed by atoms with Crippen LogP contribution < -0.4 is 5.32 Å². The zero-order chi connectivity index (χ0) is 13.0. The maximum absolute atomic E-state index is 9.84. The van der Waals surface area contributed by atoms with Gasteiger partial charge in [-0.05, 0) is 33.6 Å². The number of para-hydroxylation sites is 1. The lowest BCUT2D eigenvalue weighted by Crippen LogP contribution is -2.13. The molecule has 0 spiro atoms. The van der Waals surface area contributed by atoms with Gasteiger partial charge in [0.1, 0.15) is 5.75 Å². The molecule has 2 nitrogen and oxygen atoms in total. The summed E-state index contributed by atoms with van der Waals surface area (Å²) in [7, 11) is 0. The van der Waals surface area contributed by atoms with E-state index in [0.29, 0.717) is 17.6 Å². The van der Waals surface area contributed by atoms with Gasteiger partial charge in [-0.15, -0.1) is 0 Å². The highest BCUT2D eigenvalue weighted by atomic mass is 79.9. The van der Waals surface area contributed by atoms with Gasteiger partial charge in [-0.25, -0.2) is 0 Å². The molecule has 0 aliphatic heterocycles. The van der Waals surface area contributed by atoms with Crippen molar-refractivity contribution in [3.8, 4) is 5.75 Å². The summed E-state index contributed by atoms with van der Waals surface area (Å²) >= 11 is 9.36. The number of phenols is 1. The third kappa shape index (κ3) is 3.25. The van der Waals surface area contributed by atoms with E-state index >= 15 is 0 Å². The van der Waals surface area contributed by atoms with Gasteiger partial charge in [-0.2, -0.15) is 0 Å². The Morgan fingerprint density at radius 2 is 1.67 bits per heavy atom. The van der Waals surface area contributed by atoms with E-state index in [2.05, 4.69) is 21.2 Å². The maximum Gasteiger partial charge on any atom is 0.134 e. The lowest BCUT2D eigenvalue weighted by atomic mass is 10.2. The Morgan fingerprint density at radius 3 is 2.44 bits per heavy atom. The lowest BCUT2D eigenvalue weighted by molar-refractivity contribution is 0.461. The third-order valence-corrected chi connectivity index (χ3v) is 3.67. The van der Waals surface area contributed by atoms with E-state index in [1.54, 1.807) is 0 Å². The summed E-state index contributed by atoms with van der Waals surface area (Å²) in [5.74, 6) is 0.282. The Balaban J connectivity index is 1.97. The number of benzene rings is 2. The monoisotopic (exact) mass is 325 g/mol. The van der Waals surface area contributed by atoms with Gasteiger partial charge in [-0.1, -0.05) is 41.9 Å². The van der Waals surface area contributed by atoms with E-state index in [9.17, 15) is 5.11 Å². The van der Waals surface area contributed by atoms with Crippen LogP contribution in [0.25, 0.3) is 0 Å². The number of hydrogen-bond acceptors (Lipinski definition) is 2. The minimum absolute atomic E-state index is 0.282. The van der Waals surface area contributed by atoms with E-state index in [1.807, 2.05) is 42.5 Å². The van der Waals surface area contributed by atoms with E-state index in [-0.39, 0.29) is 5.75 Å². The summed E-state index contributed by atoms with van der Waals surface area (Å²) in [6, 6.07) is 13.3. The average Bonchev–Trinajstić information content (AvgIpc) is 2.37. The Hall–Kier alpha value is -1.03. The molecule has 0 aliphatic rings. The quantitative estimate of drug-likeness (QED) is 0.886. The SMILES string of the molecule is Oc1c(Br)cccc1CNCc1ccccc1Cl. The molecule has 4 heteroatoms. The minimum Gasteiger partial charge on any atom is -0.506 e. The summed E-state index contributed by atoms with van der Waals surface area (Å²) < 4.78 is 0.708. The fourth-order valence-electron chi connectivity index (χ4n) is 1.68. The van der Waals surface area contributed by atoms with Gasteiger partial charge >= 0.3 is 0 Å². The van der Waals surface area contributed by atoms with Crippen molar-refractivity contribution >= 4 is 27.5 Å². The summed E-state index contributed by atoms with van der Waals surface area (Å²) in [6.07, 6.45) is 0. The molecule has 0 radical (unpaired) electrons. The first-order chi connectivity index (χ1) is 8.68. The Bertz CT molecular complexity index is 545. The van der Waals surface area contributed by atoms with Crippen LogP contribution in [-0.4, -0.2) is 5.11 Å². The van der Waals surface area contributed by atoms with Crippen molar-refractivity contribution in [2.75, 3.05) is 0 Å². The first kappa shape index (κ1) is 13.4. The predicted molar refractivity (Wildman–Crippen MR) is 77.8 cm³/mol. The van der Waals surface area contributed by atoms with E-state index in [4.69, 9.17) is 11.6 Å². The highest BCUT2D eigenvalue weighted by Crippen LogP contribution is 2.27. The number of nitrogens with one attached hydrogen (secondary N) is 1. The van der Waals surface area contributed by atoms with Crippen molar-refractivity contribution in [3.05, 3.63) is 63.1 Å². The number of phenolic OH excluding ortho intramolecular Hbond substituents is 1. The van der Waals surface area contributed by atoms with Crippen molar-refractivity contribution in [2.45, 2.75) is 13.1 Å². The molecule has 2 rings (SSSR count). The standard InChI is InChI=1S/C14H13BrClNO/c15-12-6-3-5-11(14(12)18)9-17-8-10-4-1-2-7-13(10)16/h1-7,17-18H,8-9H2. The summed E-state index contributed by atoms with van der Waals surface area (Å²) in [4.78, 5) is 0. The third-order valence-electron chi connectivity index (χ3n) is 2.66. The smallest absolute Gasteiger partial charge is 0.134 e. The highest BCUT2D eigenvalue weighted by molar-refractivity contribution is 9.10. The Kier molecular flexibility index (Phi) is 4.64. The molecule has 0 atom stereocenters. The van der Waals surface area contributed by atoms with Gasteiger partial charge in [0.25, 0.3) is 0 Å². The van der Waals surface area contributed by atoms with Crippen LogP contribution in [0.5, 0.6) is 5.75 Å². The fraction of sp³-hybridized carbons (Fsp3) is 0.143. The number of halogens is 2. The number of aromatic hydroxyl groups is 1. The normalized spacial score (nSPS) is 10.6. The van der Waals surface area contributed by atoms with Crippen LogP contribution in [0, 0.1) is 0 Å². The fourth-order valence-corrected chi connectivity index (χ4v) is 2.29. The van der Waals surface area contributed by atoms with Crippen molar-refractivity contribution in [1.29, 1.82) is 0 Å². The second-order valence-corrected chi connectivity index (χ2v) is 5.20. The minimum atomic E-state index is 0.282. The van der Waals surface area contributed by atoms with Gasteiger partial charge in [0.2, 0.25) is 0 Å². The van der Waals surface area contributed by atoms with Crippen molar-refractivity contribution in [3.63, 3.8) is 0 Å². The van der Waals surface area contributed by atoms with Crippen LogP contribution in [0.15, 0.2) is 46.9 Å². The second-order valence-electron chi connectivity index (χ2n) is 3.94. The van der Waals surface area contributed by atoms with E-state index in [1.165, 1.54) is 0 Å². The molecule has 0 amide bonds. The largest absolute Gasteiger partial charge is 0.506 e. The summed E-state index contributed by atoms with van der Waals surface area (Å²) in [5.41, 5.74) is 1.91. The molecule has 0 saturated heterocycles. The number of hydrogen-bond donors (Lipinski definition) is 2. The lowest BCUT2D eigenvalue weighted by Gasteiger charge is -2.09. The van der Waals surface area contributed by atoms with Gasteiger partial charge in [0, 0.05) is 23.7 Å². The molecule has 0 fully saturated rings. The predicted octanol–water partition coefficient (Wildman–Crippen LogP) is 4.10. The molecule has 2 aromatic rings. The molecule has 0 bridgehead atoms. The van der Waals surface area contributed by atoms with Crippen molar-refractivity contribution < 1.29 is 5.11 Å². The van der Waals surface area contributed by atoms with Crippen molar-refractivity contribution in [2.24, 2.45) is 0 Å². The van der Waals surface area contributed by atoms with Crippen LogP contribution >= 0.6 is 27.5 Å². The van der Waals surface area contributed by atoms with Gasteiger partial charge < -0.3 is 10.4 Å². The second kappa shape index (κ2) is 6.23. The van der Waals surface area contributed by atoms with Crippen LogP contribution in [0.4, 0.5) is 0 Å².